The molecule has 0 amide bonds. The lowest BCUT2D eigenvalue weighted by Crippen LogP contribution is -2.19. The number of hydrogen-bond acceptors (Lipinski definition) is 3. The van der Waals surface area contributed by atoms with Crippen LogP contribution in [0.15, 0.2) is 6.20 Å². The zero-order valence-electron chi connectivity index (χ0n) is 7.68. The number of rotatable bonds is 3. The molecule has 0 fully saturated rings. The van der Waals surface area contributed by atoms with Gasteiger partial charge in [0, 0.05) is 11.8 Å². The molecule has 8 heteroatoms. The second kappa shape index (κ2) is 5.13. The van der Waals surface area contributed by atoms with E-state index < -0.39 is 25.4 Å². The summed E-state index contributed by atoms with van der Waals surface area (Å²) in [5.41, 5.74) is -0.295. The first-order valence-electron chi connectivity index (χ1n) is 3.98. The highest BCUT2D eigenvalue weighted by Crippen LogP contribution is 2.32. The normalized spacial score (nSPS) is 11.6. The molecule has 90 valence electrons. The van der Waals surface area contributed by atoms with Gasteiger partial charge in [0.2, 0.25) is 0 Å². The maximum absolute atomic E-state index is 12.4. The minimum atomic E-state index is -4.90. The minimum Gasteiger partial charge on any atom is -0.404 e. The topological polar surface area (TPSA) is 42.4 Å². The molecule has 0 radical (unpaired) electrons. The van der Waals surface area contributed by atoms with Crippen LogP contribution in [0.25, 0.3) is 0 Å². The minimum absolute atomic E-state index is 0.0112. The Morgan fingerprint density at radius 1 is 1.44 bits per heavy atom. The summed E-state index contributed by atoms with van der Waals surface area (Å²) in [7, 11) is 0. The van der Waals surface area contributed by atoms with Crippen molar-refractivity contribution in [2.75, 3.05) is 0 Å². The van der Waals surface area contributed by atoms with E-state index in [2.05, 4.69) is 9.72 Å². The first kappa shape index (κ1) is 13.4. The van der Waals surface area contributed by atoms with Crippen molar-refractivity contribution in [3.8, 4) is 5.75 Å². The van der Waals surface area contributed by atoms with Crippen LogP contribution in [-0.2, 0) is 13.3 Å². The Morgan fingerprint density at radius 3 is 2.50 bits per heavy atom. The molecule has 0 unspecified atom stereocenters. The fourth-order valence-corrected chi connectivity index (χ4v) is 1.74. The molecule has 1 heterocycles. The van der Waals surface area contributed by atoms with E-state index in [1.807, 2.05) is 0 Å². The van der Waals surface area contributed by atoms with Crippen LogP contribution in [0.1, 0.15) is 11.3 Å². The average molecular weight is 351 g/mol. The summed E-state index contributed by atoms with van der Waals surface area (Å²) in [6.07, 6.45) is -3.99. The first-order chi connectivity index (χ1) is 7.39. The number of aliphatic hydroxyl groups excluding tert-OH is 1. The van der Waals surface area contributed by atoms with Crippen molar-refractivity contribution >= 4 is 22.6 Å². The van der Waals surface area contributed by atoms with E-state index in [1.54, 1.807) is 0 Å². The van der Waals surface area contributed by atoms with E-state index in [9.17, 15) is 17.6 Å². The van der Waals surface area contributed by atoms with Gasteiger partial charge in [-0.05, 0) is 22.6 Å². The standard InChI is InChI=1S/C8H6F4INO2/c9-1-4-2-14-5(3-15)6(13)7(4)16-8(10,11)12/h2,15H,1,3H2. The smallest absolute Gasteiger partial charge is 0.404 e. The molecule has 0 saturated heterocycles. The summed E-state index contributed by atoms with van der Waals surface area (Å²) in [5.74, 6) is -0.644. The highest BCUT2D eigenvalue weighted by Gasteiger charge is 2.33. The molecule has 1 rings (SSSR count). The van der Waals surface area contributed by atoms with Crippen LogP contribution >= 0.6 is 22.6 Å². The Kier molecular flexibility index (Phi) is 4.30. The fraction of sp³-hybridized carbons (Fsp3) is 0.375. The lowest BCUT2D eigenvalue weighted by atomic mass is 10.2. The van der Waals surface area contributed by atoms with E-state index in [0.29, 0.717) is 0 Å². The molecule has 3 nitrogen and oxygen atoms in total. The highest BCUT2D eigenvalue weighted by molar-refractivity contribution is 14.1. The first-order valence-corrected chi connectivity index (χ1v) is 5.05. The summed E-state index contributed by atoms with van der Waals surface area (Å²) < 4.78 is 52.2. The SMILES string of the molecule is OCc1ncc(CF)c(OC(F)(F)F)c1I. The zero-order chi connectivity index (χ0) is 12.3. The van der Waals surface area contributed by atoms with Crippen molar-refractivity contribution in [3.63, 3.8) is 0 Å². The van der Waals surface area contributed by atoms with Crippen LogP contribution in [-0.4, -0.2) is 16.5 Å². The Morgan fingerprint density at radius 2 is 2.06 bits per heavy atom. The van der Waals surface area contributed by atoms with Crippen molar-refractivity contribution in [1.82, 2.24) is 4.98 Å². The fourth-order valence-electron chi connectivity index (χ4n) is 0.975. The van der Waals surface area contributed by atoms with Crippen LogP contribution in [0.5, 0.6) is 5.75 Å². The number of aromatic nitrogens is 1. The summed E-state index contributed by atoms with van der Waals surface area (Å²) in [4.78, 5) is 3.61. The molecule has 0 aliphatic carbocycles. The van der Waals surface area contributed by atoms with E-state index in [-0.39, 0.29) is 14.8 Å². The third kappa shape index (κ3) is 3.17. The van der Waals surface area contributed by atoms with Crippen molar-refractivity contribution in [3.05, 3.63) is 21.0 Å². The van der Waals surface area contributed by atoms with Gasteiger partial charge in [-0.3, -0.25) is 4.98 Å². The van der Waals surface area contributed by atoms with Crippen LogP contribution < -0.4 is 4.74 Å². The van der Waals surface area contributed by atoms with Crippen molar-refractivity contribution in [2.45, 2.75) is 19.6 Å². The number of halogens is 5. The molecule has 0 spiro atoms. The highest BCUT2D eigenvalue weighted by atomic mass is 127. The van der Waals surface area contributed by atoms with Crippen molar-refractivity contribution in [1.29, 1.82) is 0 Å². The largest absolute Gasteiger partial charge is 0.573 e. The molecule has 0 atom stereocenters. The molecule has 1 N–H and O–H groups in total. The van der Waals surface area contributed by atoms with Gasteiger partial charge in [-0.25, -0.2) is 4.39 Å². The average Bonchev–Trinajstić information content (AvgIpc) is 2.19. The lowest BCUT2D eigenvalue weighted by molar-refractivity contribution is -0.275. The van der Waals surface area contributed by atoms with Crippen molar-refractivity contribution < 1.29 is 27.4 Å². The van der Waals surface area contributed by atoms with Crippen LogP contribution in [0.4, 0.5) is 17.6 Å². The van der Waals surface area contributed by atoms with Gasteiger partial charge in [0.25, 0.3) is 0 Å². The van der Waals surface area contributed by atoms with Gasteiger partial charge in [-0.1, -0.05) is 0 Å². The lowest BCUT2D eigenvalue weighted by Gasteiger charge is -2.14. The Balaban J connectivity index is 3.21. The third-order valence-corrected chi connectivity index (χ3v) is 2.74. The second-order valence-electron chi connectivity index (χ2n) is 2.71. The Hall–Kier alpha value is -0.640. The molecule has 16 heavy (non-hydrogen) atoms. The molecule has 0 aliphatic heterocycles. The number of ether oxygens (including phenoxy) is 1. The molecule has 0 bridgehead atoms. The quantitative estimate of drug-likeness (QED) is 0.673. The number of alkyl halides is 4. The number of nitrogens with zero attached hydrogens (tertiary/aromatic N) is 1. The van der Waals surface area contributed by atoms with E-state index in [1.165, 1.54) is 22.6 Å². The maximum atomic E-state index is 12.4. The van der Waals surface area contributed by atoms with Crippen LogP contribution in [0, 0.1) is 3.57 Å². The van der Waals surface area contributed by atoms with Crippen LogP contribution in [0.2, 0.25) is 0 Å². The van der Waals surface area contributed by atoms with E-state index in [0.717, 1.165) is 6.20 Å². The monoisotopic (exact) mass is 351 g/mol. The van der Waals surface area contributed by atoms with Gasteiger partial charge in [0.15, 0.2) is 5.75 Å². The number of aliphatic hydroxyl groups is 1. The second-order valence-corrected chi connectivity index (χ2v) is 3.79. The summed E-state index contributed by atoms with van der Waals surface area (Å²) in [6, 6.07) is 0. The summed E-state index contributed by atoms with van der Waals surface area (Å²) >= 11 is 1.52. The van der Waals surface area contributed by atoms with Gasteiger partial charge in [0.05, 0.1) is 15.9 Å². The molecular weight excluding hydrogens is 345 g/mol. The molecule has 1 aromatic rings. The molecule has 0 aliphatic rings. The van der Waals surface area contributed by atoms with Gasteiger partial charge in [-0.15, -0.1) is 13.2 Å². The van der Waals surface area contributed by atoms with Crippen LogP contribution in [0.3, 0.4) is 0 Å². The maximum Gasteiger partial charge on any atom is 0.573 e. The molecule has 0 aromatic carbocycles. The molecule has 1 aromatic heterocycles. The van der Waals surface area contributed by atoms with Crippen molar-refractivity contribution in [2.24, 2.45) is 0 Å². The Bertz CT molecular complexity index is 383. The molecule has 0 saturated carbocycles. The number of pyridine rings is 1. The van der Waals surface area contributed by atoms with Gasteiger partial charge >= 0.3 is 6.36 Å². The Labute approximate surface area is 102 Å². The van der Waals surface area contributed by atoms with Gasteiger partial charge in [0.1, 0.15) is 6.67 Å². The van der Waals surface area contributed by atoms with Gasteiger partial charge < -0.3 is 9.84 Å². The summed E-state index contributed by atoms with van der Waals surface area (Å²) in [5, 5.41) is 8.81. The number of hydrogen-bond donors (Lipinski definition) is 1. The summed E-state index contributed by atoms with van der Waals surface area (Å²) in [6.45, 7) is -1.67. The predicted octanol–water partition coefficient (Wildman–Crippen LogP) is 2.55. The van der Waals surface area contributed by atoms with Gasteiger partial charge in [-0.2, -0.15) is 0 Å². The van der Waals surface area contributed by atoms with E-state index in [4.69, 9.17) is 5.11 Å². The zero-order valence-corrected chi connectivity index (χ0v) is 9.84. The molecular formula is C8H6F4INO2. The third-order valence-electron chi connectivity index (χ3n) is 1.63. The van der Waals surface area contributed by atoms with E-state index >= 15 is 0 Å². The predicted molar refractivity (Wildman–Crippen MR) is 54.4 cm³/mol.